The van der Waals surface area contributed by atoms with Gasteiger partial charge in [0.25, 0.3) is 5.91 Å². The Morgan fingerprint density at radius 1 is 0.372 bits per heavy atom. The summed E-state index contributed by atoms with van der Waals surface area (Å²) in [5, 5.41) is 75.8. The third kappa shape index (κ3) is 24.0. The van der Waals surface area contributed by atoms with Crippen LogP contribution in [-0.2, 0) is 4.79 Å². The molecule has 0 saturated carbocycles. The van der Waals surface area contributed by atoms with Gasteiger partial charge in [0.15, 0.2) is 6.61 Å². The van der Waals surface area contributed by atoms with Crippen LogP contribution in [0.3, 0.4) is 0 Å². The quantitative estimate of drug-likeness (QED) is 0.0367. The number of aromatic nitrogens is 15. The van der Waals surface area contributed by atoms with Crippen LogP contribution in [0.25, 0.3) is 66.6 Å². The predicted molar refractivity (Wildman–Crippen MR) is 553 cm³/mol. The summed E-state index contributed by atoms with van der Waals surface area (Å²) in [5.41, 5.74) is 16.8. The number of likely N-dealkylation sites (tertiary alicyclic amines) is 1. The van der Waals surface area contributed by atoms with Crippen molar-refractivity contribution in [1.82, 2.24) is 78.2 Å². The van der Waals surface area contributed by atoms with E-state index in [2.05, 4.69) is 113 Å². The summed E-state index contributed by atoms with van der Waals surface area (Å²) in [7, 11) is 0. The minimum absolute atomic E-state index is 0.0224. The van der Waals surface area contributed by atoms with Crippen molar-refractivity contribution in [2.75, 3.05) is 118 Å². The molecular formula is C112H101N25O11. The van der Waals surface area contributed by atoms with Crippen LogP contribution in [0.15, 0.2) is 226 Å². The van der Waals surface area contributed by atoms with E-state index >= 15 is 0 Å². The predicted octanol–water partition coefficient (Wildman–Crippen LogP) is 13.1. The number of fused-ring (bicyclic) bond motifs is 4. The van der Waals surface area contributed by atoms with E-state index in [4.69, 9.17) is 84.3 Å². The fourth-order valence-electron chi connectivity index (χ4n) is 17.5. The second-order valence-electron chi connectivity index (χ2n) is 37.0. The van der Waals surface area contributed by atoms with Gasteiger partial charge in [-0.05, 0) is 187 Å². The van der Waals surface area contributed by atoms with Crippen molar-refractivity contribution in [3.8, 4) is 164 Å². The maximum Gasteiger partial charge on any atom is 0.255 e. The largest absolute Gasteiger partial charge is 0.491 e. The smallest absolute Gasteiger partial charge is 0.255 e. The molecule has 0 bridgehead atoms. The number of ether oxygens (including phenoxy) is 8. The van der Waals surface area contributed by atoms with E-state index in [1.807, 2.05) is 128 Å². The lowest BCUT2D eigenvalue weighted by molar-refractivity contribution is -0.119. The maximum absolute atomic E-state index is 11.1. The van der Waals surface area contributed by atoms with E-state index in [9.17, 15) is 36.1 Å². The number of anilines is 4. The van der Waals surface area contributed by atoms with Crippen LogP contribution in [0.2, 0.25) is 0 Å². The SMILES string of the molecule is C#Cc1ccc(OC2CCN(c3ccc(-c4cc(OCC(C)(C)O)cn5ncc(C#N)c45)cn3)CC2)cc1.C#Cc1ccc(OC2CN(c3ccc(-c4cc(OCC(N)=O)cn5ncc(C#N)c45)cn3)C2)cn1.C#Cc1ccc(OC2CN(c3ccc(-c4cc(OCCN5CCCC5)cn5ncc(C#N)c45)cn3)C2)cn1.C#Cc1ccc(O[C@@H]2CCN(c3ccc(-c4cc(OCC(C)(C)O)cn5ncc(C#N)c45)cn3)C2)cn1. The zero-order valence-corrected chi connectivity index (χ0v) is 81.5. The second-order valence-corrected chi connectivity index (χ2v) is 37.0. The third-order valence-corrected chi connectivity index (χ3v) is 25.0. The summed E-state index contributed by atoms with van der Waals surface area (Å²) < 4.78 is 53.8. The lowest BCUT2D eigenvalue weighted by atomic mass is 10.0. The molecule has 1 aromatic carbocycles. The zero-order chi connectivity index (χ0) is 103. The first kappa shape index (κ1) is 99.3. The van der Waals surface area contributed by atoms with Crippen molar-refractivity contribution in [1.29, 1.82) is 21.0 Å². The van der Waals surface area contributed by atoms with Gasteiger partial charge in [-0.1, -0.05) is 23.7 Å². The summed E-state index contributed by atoms with van der Waals surface area (Å²) in [5.74, 6) is 18.0. The van der Waals surface area contributed by atoms with Crippen LogP contribution in [0, 0.1) is 94.7 Å². The third-order valence-electron chi connectivity index (χ3n) is 25.0. The van der Waals surface area contributed by atoms with Crippen molar-refractivity contribution < 1.29 is 52.9 Å². The van der Waals surface area contributed by atoms with Gasteiger partial charge < -0.3 is 73.4 Å². The minimum atomic E-state index is -0.987. The van der Waals surface area contributed by atoms with Gasteiger partial charge in [-0.25, -0.2) is 52.9 Å². The Balaban J connectivity index is 0.000000129. The Morgan fingerprint density at radius 3 is 1.04 bits per heavy atom. The number of nitrogens with two attached hydrogens (primary N) is 1. The van der Waals surface area contributed by atoms with Gasteiger partial charge >= 0.3 is 0 Å². The molecule has 5 aliphatic heterocycles. The fourth-order valence-corrected chi connectivity index (χ4v) is 17.5. The molecule has 4 N–H and O–H groups in total. The Kier molecular flexibility index (Phi) is 30.1. The standard InChI is InChI=1S/C30H29N5O3.C29H27N7O2.C28H26N6O3.C25H19N7O3/c1-4-21-5-8-24(9-6-21)38-25-11-13-34(14-12-25)28-10-7-22(17-32-28)27-15-26(37-20-30(2,3)36)19-35-29(27)23(16-31)18-33-35;1-2-23-6-7-24(17-31-23)38-26-18-35(19-26)28-8-5-21(15-32-28)27-13-25(37-12-11-34-9-3-4-10-34)20-36-29(27)22(14-30)16-33-36;1-4-21-6-7-22(15-30-21)37-23-9-10-33(16-23)26-8-5-19(13-31-26)25-11-24(36-18-28(2,3)35)17-34-27(25)20(12-29)14-32-34;1-2-18-4-5-19(11-28-18)35-21-12-31(13-21)24-6-3-16(9-29-24)22-7-20(34-15-23(27)33)14-32-25(22)17(8-26)10-30-32/h1,5-10,15,17-19,25,36H,11-14,20H2,2-3H3;1,5-8,13,15-17,20,26H,3-4,9-12,18-19H2;1,5-8,11,13-15,17,23,35H,9-10,16,18H2,2-3H3;1,3-7,9-11,14,21H,12-13,15H2,(H2,27,33)/t;;23-;/m..1./s1. The molecule has 5 saturated heterocycles. The molecule has 15 aromatic heterocycles. The molecule has 16 aromatic rings. The number of rotatable bonds is 29. The first-order valence-corrected chi connectivity index (χ1v) is 47.9. The zero-order valence-electron chi connectivity index (χ0n) is 81.5. The number of benzene rings is 1. The molecule has 1 atom stereocenters. The normalized spacial score (nSPS) is 14.6. The Bertz CT molecular complexity index is 7820. The summed E-state index contributed by atoms with van der Waals surface area (Å²) in [6, 6.07) is 50.4. The Labute approximate surface area is 853 Å². The molecule has 0 unspecified atom stereocenters. The highest BCUT2D eigenvalue weighted by molar-refractivity contribution is 5.89. The van der Waals surface area contributed by atoms with Crippen LogP contribution in [-0.4, -0.2) is 228 Å². The van der Waals surface area contributed by atoms with Crippen molar-refractivity contribution in [2.45, 2.75) is 95.4 Å². The van der Waals surface area contributed by atoms with Gasteiger partial charge in [-0.3, -0.25) is 9.69 Å². The summed E-state index contributed by atoms with van der Waals surface area (Å²) in [6.07, 6.45) is 52.0. The van der Waals surface area contributed by atoms with E-state index in [1.165, 1.54) is 31.4 Å². The van der Waals surface area contributed by atoms with Crippen LogP contribution < -0.4 is 63.2 Å². The van der Waals surface area contributed by atoms with Crippen LogP contribution >= 0.6 is 0 Å². The molecule has 5 aliphatic rings. The van der Waals surface area contributed by atoms with E-state index in [0.717, 1.165) is 156 Å². The number of nitrogens with zero attached hydrogens (tertiary/aromatic N) is 24. The Hall–Kier alpha value is -18.8. The van der Waals surface area contributed by atoms with Crippen LogP contribution in [0.4, 0.5) is 23.3 Å². The molecule has 0 spiro atoms. The molecule has 0 radical (unpaired) electrons. The molecule has 20 heterocycles. The summed E-state index contributed by atoms with van der Waals surface area (Å²) >= 11 is 0. The number of carbonyl (C=O) groups is 1. The molecule has 36 nitrogen and oxygen atoms in total. The number of primary amides is 1. The number of terminal acetylenes is 4. The maximum atomic E-state index is 11.1. The second kappa shape index (κ2) is 44.8. The van der Waals surface area contributed by atoms with Gasteiger partial charge in [-0.2, -0.15) is 41.4 Å². The number of carbonyl (C=O) groups excluding carboxylic acids is 1. The number of pyridine rings is 11. The van der Waals surface area contributed by atoms with E-state index in [0.29, 0.717) is 122 Å². The molecule has 740 valence electrons. The lowest BCUT2D eigenvalue weighted by Crippen LogP contribution is -2.54. The van der Waals surface area contributed by atoms with Crippen molar-refractivity contribution in [3.05, 3.63) is 271 Å². The molecule has 148 heavy (non-hydrogen) atoms. The molecule has 0 aliphatic carbocycles. The Morgan fingerprint density at radius 2 is 0.703 bits per heavy atom. The minimum Gasteiger partial charge on any atom is -0.491 e. The van der Waals surface area contributed by atoms with Crippen molar-refractivity contribution in [3.63, 3.8) is 0 Å². The topological polar surface area (TPSA) is 428 Å². The summed E-state index contributed by atoms with van der Waals surface area (Å²) in [4.78, 5) is 53.5. The first-order chi connectivity index (χ1) is 71.9. The molecule has 36 heteroatoms. The highest BCUT2D eigenvalue weighted by Gasteiger charge is 2.34. The average Bonchev–Trinajstić information content (AvgIpc) is 1.60. The first-order valence-electron chi connectivity index (χ1n) is 47.9. The highest BCUT2D eigenvalue weighted by atomic mass is 16.5. The number of aliphatic hydroxyl groups is 2. The van der Waals surface area contributed by atoms with Gasteiger partial charge in [0.1, 0.15) is 155 Å². The van der Waals surface area contributed by atoms with Gasteiger partial charge in [0.05, 0.1) is 156 Å². The number of amides is 1. The number of hydrogen-bond donors (Lipinski definition) is 3. The summed E-state index contributed by atoms with van der Waals surface area (Å²) in [6.45, 7) is 16.5. The van der Waals surface area contributed by atoms with Gasteiger partial charge in [0, 0.05) is 120 Å². The molecule has 1 amide bonds. The van der Waals surface area contributed by atoms with Gasteiger partial charge in [0.2, 0.25) is 0 Å². The number of nitriles is 4. The van der Waals surface area contributed by atoms with Gasteiger partial charge in [-0.15, -0.1) is 25.7 Å². The van der Waals surface area contributed by atoms with Crippen LogP contribution in [0.5, 0.6) is 46.0 Å². The highest BCUT2D eigenvalue weighted by Crippen LogP contribution is 2.40. The molecule has 21 rings (SSSR count). The average molecular weight is 1970 g/mol. The van der Waals surface area contributed by atoms with E-state index < -0.39 is 17.1 Å². The lowest BCUT2D eigenvalue weighted by Gasteiger charge is -2.39. The van der Waals surface area contributed by atoms with Crippen molar-refractivity contribution >= 4 is 51.2 Å². The van der Waals surface area contributed by atoms with Crippen LogP contribution in [0.1, 0.15) is 105 Å². The number of piperidine rings is 1. The van der Waals surface area contributed by atoms with Crippen molar-refractivity contribution in [2.24, 2.45) is 5.73 Å². The van der Waals surface area contributed by atoms with E-state index in [1.54, 1.807) is 126 Å². The molecular weight excluding hydrogens is 1870 g/mol. The van der Waals surface area contributed by atoms with E-state index in [-0.39, 0.29) is 44.2 Å². The molecule has 5 fully saturated rings. The number of hydrogen-bond acceptors (Lipinski definition) is 31. The monoisotopic (exact) mass is 1970 g/mol. The fraction of sp³-hybridized carbons (Fsp3) is 0.268.